The molecule has 0 heterocycles. The van der Waals surface area contributed by atoms with Crippen LogP contribution in [0.3, 0.4) is 0 Å². The lowest BCUT2D eigenvalue weighted by atomic mass is 10.1. The average molecular weight is 320 g/mol. The average Bonchev–Trinajstić information content (AvgIpc) is 3.09. The molecule has 1 N–H and O–H groups in total. The molecule has 0 radical (unpaired) electrons. The number of hydrogen-bond acceptors (Lipinski definition) is 3. The minimum absolute atomic E-state index is 0.0692. The fraction of sp³-hybridized carbons (Fsp3) is 0.462. The summed E-state index contributed by atoms with van der Waals surface area (Å²) in [5, 5.41) is 2.80. The van der Waals surface area contributed by atoms with Gasteiger partial charge in [0.15, 0.2) is 0 Å². The predicted molar refractivity (Wildman–Crippen MR) is 73.8 cm³/mol. The zero-order chi connectivity index (χ0) is 15.1. The molecule has 2 atom stereocenters. The van der Waals surface area contributed by atoms with Crippen LogP contribution in [0.5, 0.6) is 0 Å². The summed E-state index contributed by atoms with van der Waals surface area (Å²) >= 11 is 0. The Hall–Kier alpha value is -1.14. The third-order valence-corrected chi connectivity index (χ3v) is 4.83. The molecule has 20 heavy (non-hydrogen) atoms. The summed E-state index contributed by atoms with van der Waals surface area (Å²) < 4.78 is 36.4. The van der Waals surface area contributed by atoms with Crippen molar-refractivity contribution in [3.63, 3.8) is 0 Å². The molecule has 1 amide bonds. The van der Waals surface area contributed by atoms with Crippen molar-refractivity contribution in [2.45, 2.75) is 37.6 Å². The molecule has 1 aliphatic rings. The highest BCUT2D eigenvalue weighted by Crippen LogP contribution is 2.33. The van der Waals surface area contributed by atoms with Crippen LogP contribution in [0.15, 0.2) is 17.0 Å². The van der Waals surface area contributed by atoms with E-state index in [0.29, 0.717) is 5.92 Å². The van der Waals surface area contributed by atoms with Crippen molar-refractivity contribution in [3.05, 3.63) is 29.1 Å². The number of carbonyl (C=O) groups is 1. The fourth-order valence-electron chi connectivity index (χ4n) is 2.17. The molecule has 7 heteroatoms. The first-order valence-electron chi connectivity index (χ1n) is 6.29. The van der Waals surface area contributed by atoms with Crippen molar-refractivity contribution < 1.29 is 17.6 Å². The number of amides is 1. The predicted octanol–water partition coefficient (Wildman–Crippen LogP) is 2.59. The quantitative estimate of drug-likeness (QED) is 0.868. The highest BCUT2D eigenvalue weighted by atomic mass is 35.7. The van der Waals surface area contributed by atoms with Crippen LogP contribution >= 0.6 is 10.7 Å². The molecule has 110 valence electrons. The number of rotatable bonds is 4. The van der Waals surface area contributed by atoms with Gasteiger partial charge in [0.25, 0.3) is 15.0 Å². The van der Waals surface area contributed by atoms with Crippen LogP contribution in [-0.2, 0) is 9.05 Å². The molecule has 2 unspecified atom stereocenters. The number of hydrogen-bond donors (Lipinski definition) is 1. The molecule has 1 aromatic rings. The van der Waals surface area contributed by atoms with Crippen molar-refractivity contribution in [2.75, 3.05) is 0 Å². The molecule has 0 bridgehead atoms. The van der Waals surface area contributed by atoms with E-state index in [1.165, 1.54) is 13.0 Å². The van der Waals surface area contributed by atoms with Gasteiger partial charge < -0.3 is 5.32 Å². The summed E-state index contributed by atoms with van der Waals surface area (Å²) in [6.45, 7) is 3.43. The van der Waals surface area contributed by atoms with E-state index >= 15 is 0 Å². The Morgan fingerprint density at radius 3 is 2.65 bits per heavy atom. The van der Waals surface area contributed by atoms with Gasteiger partial charge >= 0.3 is 0 Å². The van der Waals surface area contributed by atoms with Crippen molar-refractivity contribution in [1.82, 2.24) is 5.32 Å². The maximum Gasteiger partial charge on any atom is 0.264 e. The van der Waals surface area contributed by atoms with Gasteiger partial charge in [-0.2, -0.15) is 0 Å². The van der Waals surface area contributed by atoms with E-state index in [1.54, 1.807) is 0 Å². The number of aryl methyl sites for hydroxylation is 1. The van der Waals surface area contributed by atoms with Gasteiger partial charge in [-0.15, -0.1) is 0 Å². The van der Waals surface area contributed by atoms with Crippen LogP contribution in [0, 0.1) is 18.7 Å². The first-order chi connectivity index (χ1) is 9.24. The second-order valence-electron chi connectivity index (χ2n) is 5.03. The van der Waals surface area contributed by atoms with Crippen LogP contribution in [0.4, 0.5) is 4.39 Å². The highest BCUT2D eigenvalue weighted by molar-refractivity contribution is 8.13. The molecule has 2 rings (SSSR count). The monoisotopic (exact) mass is 319 g/mol. The molecule has 0 saturated heterocycles. The van der Waals surface area contributed by atoms with Crippen LogP contribution in [0.2, 0.25) is 0 Å². The van der Waals surface area contributed by atoms with E-state index in [0.717, 1.165) is 18.9 Å². The molecule has 0 aliphatic heterocycles. The topological polar surface area (TPSA) is 63.2 Å². The van der Waals surface area contributed by atoms with E-state index in [-0.39, 0.29) is 17.2 Å². The standard InChI is InChI=1S/C13H15ClFNO3S/c1-3-8-5-10(8)16-13(17)9-4-7(2)12(15)11(6-9)20(14,18)19/h4,6,8,10H,3,5H2,1-2H3,(H,16,17). The molecule has 1 aromatic carbocycles. The minimum atomic E-state index is -4.22. The molecule has 1 aliphatic carbocycles. The Kier molecular flexibility index (Phi) is 4.07. The smallest absolute Gasteiger partial charge is 0.264 e. The maximum atomic E-state index is 13.7. The molecular weight excluding hydrogens is 305 g/mol. The summed E-state index contributed by atoms with van der Waals surface area (Å²) in [6.07, 6.45) is 1.90. The second kappa shape index (κ2) is 5.33. The zero-order valence-corrected chi connectivity index (χ0v) is 12.7. The summed E-state index contributed by atoms with van der Waals surface area (Å²) in [5.41, 5.74) is 0.171. The van der Waals surface area contributed by atoms with E-state index in [1.807, 2.05) is 6.92 Å². The number of halogens is 2. The first kappa shape index (κ1) is 15.3. The van der Waals surface area contributed by atoms with E-state index in [2.05, 4.69) is 5.32 Å². The number of carbonyl (C=O) groups excluding carboxylic acids is 1. The number of benzene rings is 1. The Morgan fingerprint density at radius 2 is 2.15 bits per heavy atom. The first-order valence-corrected chi connectivity index (χ1v) is 8.60. The van der Waals surface area contributed by atoms with Gasteiger partial charge in [-0.3, -0.25) is 4.79 Å². The Balaban J connectivity index is 2.29. The van der Waals surface area contributed by atoms with Crippen molar-refractivity contribution in [1.29, 1.82) is 0 Å². The summed E-state index contributed by atoms with van der Waals surface area (Å²) in [4.78, 5) is 11.4. The van der Waals surface area contributed by atoms with E-state index in [4.69, 9.17) is 10.7 Å². The molecular formula is C13H15ClFNO3S. The summed E-state index contributed by atoms with van der Waals surface area (Å²) in [7, 11) is 0.954. The zero-order valence-electron chi connectivity index (χ0n) is 11.1. The third kappa shape index (κ3) is 3.12. The van der Waals surface area contributed by atoms with Crippen molar-refractivity contribution in [2.24, 2.45) is 5.92 Å². The maximum absolute atomic E-state index is 13.7. The summed E-state index contributed by atoms with van der Waals surface area (Å²) in [5.74, 6) is -0.859. The van der Waals surface area contributed by atoms with Crippen LogP contribution in [0.1, 0.15) is 35.7 Å². The number of nitrogens with one attached hydrogen (secondary N) is 1. The van der Waals surface area contributed by atoms with Crippen LogP contribution in [0.25, 0.3) is 0 Å². The molecule has 0 aromatic heterocycles. The van der Waals surface area contributed by atoms with Gasteiger partial charge in [-0.25, -0.2) is 12.8 Å². The van der Waals surface area contributed by atoms with Crippen molar-refractivity contribution in [3.8, 4) is 0 Å². The third-order valence-electron chi connectivity index (χ3n) is 3.51. The Morgan fingerprint density at radius 1 is 1.50 bits per heavy atom. The normalized spacial score (nSPS) is 21.6. The largest absolute Gasteiger partial charge is 0.349 e. The van der Waals surface area contributed by atoms with Gasteiger partial charge in [-0.1, -0.05) is 13.3 Å². The Labute approximate surface area is 121 Å². The van der Waals surface area contributed by atoms with Gasteiger partial charge in [0, 0.05) is 22.3 Å². The van der Waals surface area contributed by atoms with Gasteiger partial charge in [0.1, 0.15) is 10.7 Å². The molecule has 0 spiro atoms. The Bertz CT molecular complexity index is 660. The molecule has 1 fully saturated rings. The fourth-order valence-corrected chi connectivity index (χ4v) is 3.15. The minimum Gasteiger partial charge on any atom is -0.349 e. The molecule has 4 nitrogen and oxygen atoms in total. The van der Waals surface area contributed by atoms with Gasteiger partial charge in [0.05, 0.1) is 0 Å². The van der Waals surface area contributed by atoms with Crippen molar-refractivity contribution >= 4 is 25.6 Å². The van der Waals surface area contributed by atoms with Gasteiger partial charge in [0.2, 0.25) is 0 Å². The second-order valence-corrected chi connectivity index (χ2v) is 7.56. The van der Waals surface area contributed by atoms with E-state index < -0.39 is 25.7 Å². The lowest BCUT2D eigenvalue weighted by Crippen LogP contribution is -2.27. The van der Waals surface area contributed by atoms with E-state index in [9.17, 15) is 17.6 Å². The SMILES string of the molecule is CCC1CC1NC(=O)c1cc(C)c(F)c(S(=O)(=O)Cl)c1. The molecule has 1 saturated carbocycles. The highest BCUT2D eigenvalue weighted by Gasteiger charge is 2.36. The lowest BCUT2D eigenvalue weighted by molar-refractivity contribution is 0.0948. The van der Waals surface area contributed by atoms with Gasteiger partial charge in [-0.05, 0) is 37.0 Å². The van der Waals surface area contributed by atoms with Crippen LogP contribution in [-0.4, -0.2) is 20.4 Å². The lowest BCUT2D eigenvalue weighted by Gasteiger charge is -2.08. The summed E-state index contributed by atoms with van der Waals surface area (Å²) in [6, 6.07) is 2.41. The van der Waals surface area contributed by atoms with Crippen LogP contribution < -0.4 is 5.32 Å².